The molecule has 2 aromatic carbocycles. The third-order valence-electron chi connectivity index (χ3n) is 5.02. The third-order valence-corrected chi connectivity index (χ3v) is 5.02. The molecule has 0 saturated carbocycles. The van der Waals surface area contributed by atoms with Crippen molar-refractivity contribution in [3.8, 4) is 5.75 Å². The number of aliphatic hydroxyl groups is 1. The first-order valence-corrected chi connectivity index (χ1v) is 9.89. The molecule has 0 amide bonds. The molecule has 3 aromatic rings. The minimum Gasteiger partial charge on any atom is -0.508 e. The Balaban J connectivity index is 1.83. The zero-order valence-electron chi connectivity index (χ0n) is 17.9. The normalized spacial score (nSPS) is 13.9. The molecule has 34 heavy (non-hydrogen) atoms. The Morgan fingerprint density at radius 3 is 2.15 bits per heavy atom. The van der Waals surface area contributed by atoms with E-state index in [4.69, 9.17) is 4.42 Å². The monoisotopic (exact) mass is 490 g/mol. The van der Waals surface area contributed by atoms with Crippen LogP contribution in [-0.2, 0) is 18.8 Å². The van der Waals surface area contributed by atoms with Gasteiger partial charge in [-0.15, -0.1) is 0 Å². The molecule has 0 spiro atoms. The zero-order valence-corrected chi connectivity index (χ0v) is 17.9. The first-order valence-electron chi connectivity index (χ1n) is 9.89. The van der Waals surface area contributed by atoms with Gasteiger partial charge in [-0.2, -0.15) is 26.3 Å². The Hall–Kier alpha value is -3.12. The van der Waals surface area contributed by atoms with Gasteiger partial charge in [-0.1, -0.05) is 0 Å². The SMILES string of the molecule is CC(C)(Cc1cc(C(F)(F)F)cc(C(F)(F)F)c1)NCC(O)c1cc(O)cc2ncc(=O)oc12. The number of hydrogen-bond donors (Lipinski definition) is 3. The number of halogens is 6. The first-order chi connectivity index (χ1) is 15.5. The Labute approximate surface area is 188 Å². The summed E-state index contributed by atoms with van der Waals surface area (Å²) in [5.74, 6) is -0.259. The fourth-order valence-electron chi connectivity index (χ4n) is 3.50. The summed E-state index contributed by atoms with van der Waals surface area (Å²) in [7, 11) is 0. The largest absolute Gasteiger partial charge is 0.508 e. The Morgan fingerprint density at radius 1 is 1.00 bits per heavy atom. The molecule has 1 unspecified atom stereocenters. The van der Waals surface area contributed by atoms with Gasteiger partial charge in [-0.25, -0.2) is 9.78 Å². The summed E-state index contributed by atoms with van der Waals surface area (Å²) in [4.78, 5) is 15.3. The van der Waals surface area contributed by atoms with Gasteiger partial charge in [0.1, 0.15) is 17.5 Å². The van der Waals surface area contributed by atoms with E-state index in [1.54, 1.807) is 0 Å². The Morgan fingerprint density at radius 2 is 1.59 bits per heavy atom. The summed E-state index contributed by atoms with van der Waals surface area (Å²) < 4.78 is 83.8. The number of hydrogen-bond acceptors (Lipinski definition) is 6. The second-order valence-electron chi connectivity index (χ2n) is 8.43. The van der Waals surface area contributed by atoms with Crippen LogP contribution in [0.5, 0.6) is 5.75 Å². The highest BCUT2D eigenvalue weighted by Crippen LogP contribution is 2.37. The van der Waals surface area contributed by atoms with Crippen molar-refractivity contribution >= 4 is 11.1 Å². The lowest BCUT2D eigenvalue weighted by Crippen LogP contribution is -2.43. The molecule has 1 atom stereocenters. The number of rotatable bonds is 6. The van der Waals surface area contributed by atoms with Gasteiger partial charge in [0.15, 0.2) is 5.58 Å². The predicted octanol–water partition coefficient (Wildman–Crippen LogP) is 4.58. The van der Waals surface area contributed by atoms with Gasteiger partial charge in [0.05, 0.1) is 17.2 Å². The van der Waals surface area contributed by atoms with Gasteiger partial charge in [0, 0.05) is 23.7 Å². The molecule has 0 aliphatic heterocycles. The van der Waals surface area contributed by atoms with Crippen molar-refractivity contribution in [2.24, 2.45) is 0 Å². The molecular formula is C22H20F6N2O4. The van der Waals surface area contributed by atoms with Crippen molar-refractivity contribution < 1.29 is 41.0 Å². The predicted molar refractivity (Wildman–Crippen MR) is 109 cm³/mol. The number of β-amino-alcohol motifs (C(OH)–C–C–N with tert-alkyl or cyclic N) is 1. The summed E-state index contributed by atoms with van der Waals surface area (Å²) in [5, 5.41) is 23.4. The summed E-state index contributed by atoms with van der Waals surface area (Å²) in [6.45, 7) is 2.85. The topological polar surface area (TPSA) is 95.6 Å². The molecule has 3 rings (SSSR count). The van der Waals surface area contributed by atoms with Crippen molar-refractivity contribution in [3.63, 3.8) is 0 Å². The molecule has 3 N–H and O–H groups in total. The van der Waals surface area contributed by atoms with Crippen molar-refractivity contribution in [2.45, 2.75) is 44.3 Å². The number of phenolic OH excluding ortho intramolecular Hbond substituents is 1. The van der Waals surface area contributed by atoms with Crippen LogP contribution < -0.4 is 10.9 Å². The van der Waals surface area contributed by atoms with Crippen LogP contribution in [0, 0.1) is 0 Å². The second kappa shape index (κ2) is 8.91. The van der Waals surface area contributed by atoms with Gasteiger partial charge < -0.3 is 19.9 Å². The lowest BCUT2D eigenvalue weighted by Gasteiger charge is -2.29. The van der Waals surface area contributed by atoms with Crippen molar-refractivity contribution in [2.75, 3.05) is 6.54 Å². The van der Waals surface area contributed by atoms with E-state index < -0.39 is 40.7 Å². The molecule has 0 aliphatic carbocycles. The van der Waals surface area contributed by atoms with Crippen LogP contribution in [0.2, 0.25) is 0 Å². The van der Waals surface area contributed by atoms with Crippen LogP contribution in [0.1, 0.15) is 42.2 Å². The maximum atomic E-state index is 13.1. The number of aromatic hydroxyl groups is 1. The fourth-order valence-corrected chi connectivity index (χ4v) is 3.50. The van der Waals surface area contributed by atoms with Crippen LogP contribution >= 0.6 is 0 Å². The van der Waals surface area contributed by atoms with Crippen LogP contribution in [-0.4, -0.2) is 27.3 Å². The van der Waals surface area contributed by atoms with Crippen LogP contribution in [0.25, 0.3) is 11.1 Å². The standard InChI is InChI=1S/C22H20F6N2O4/c1-20(2,8-11-3-12(21(23,24)25)5-13(4-11)22(26,27)28)30-9-17(32)15-6-14(31)7-16-19(15)34-18(33)10-29-16/h3-7,10,17,30-32H,8-9H2,1-2H3. The molecule has 0 radical (unpaired) electrons. The minimum absolute atomic E-state index is 0.0296. The van der Waals surface area contributed by atoms with E-state index >= 15 is 0 Å². The summed E-state index contributed by atoms with van der Waals surface area (Å²) >= 11 is 0. The lowest BCUT2D eigenvalue weighted by molar-refractivity contribution is -0.143. The van der Waals surface area contributed by atoms with E-state index in [9.17, 15) is 41.4 Å². The van der Waals surface area contributed by atoms with E-state index in [1.807, 2.05) is 0 Å². The number of phenols is 1. The Bertz CT molecular complexity index is 1220. The van der Waals surface area contributed by atoms with E-state index in [0.29, 0.717) is 12.1 Å². The number of aromatic nitrogens is 1. The number of aliphatic hydroxyl groups excluding tert-OH is 1. The van der Waals surface area contributed by atoms with E-state index in [1.165, 1.54) is 19.9 Å². The minimum atomic E-state index is -4.96. The average molecular weight is 490 g/mol. The molecule has 1 heterocycles. The number of nitrogens with zero attached hydrogens (tertiary/aromatic N) is 1. The van der Waals surface area contributed by atoms with Gasteiger partial charge in [0.2, 0.25) is 0 Å². The second-order valence-corrected chi connectivity index (χ2v) is 8.43. The number of fused-ring (bicyclic) bond motifs is 1. The summed E-state index contributed by atoms with van der Waals surface area (Å²) in [6.07, 6.45) is -10.6. The van der Waals surface area contributed by atoms with Crippen molar-refractivity contribution in [1.29, 1.82) is 0 Å². The average Bonchev–Trinajstić information content (AvgIpc) is 2.70. The molecule has 6 nitrogen and oxygen atoms in total. The molecule has 0 aliphatic rings. The fraction of sp³-hybridized carbons (Fsp3) is 0.364. The molecule has 1 aromatic heterocycles. The maximum Gasteiger partial charge on any atom is 0.416 e. The van der Waals surface area contributed by atoms with Gasteiger partial charge in [0.25, 0.3) is 0 Å². The quantitative estimate of drug-likeness (QED) is 0.438. The highest BCUT2D eigenvalue weighted by molar-refractivity contribution is 5.77. The summed E-state index contributed by atoms with van der Waals surface area (Å²) in [5.41, 5.74) is -4.80. The molecule has 12 heteroatoms. The van der Waals surface area contributed by atoms with Crippen molar-refractivity contribution in [1.82, 2.24) is 10.3 Å². The maximum absolute atomic E-state index is 13.1. The molecule has 184 valence electrons. The molecule has 0 bridgehead atoms. The van der Waals surface area contributed by atoms with Crippen LogP contribution in [0.15, 0.2) is 45.7 Å². The molecular weight excluding hydrogens is 470 g/mol. The van der Waals surface area contributed by atoms with Gasteiger partial charge >= 0.3 is 18.0 Å². The van der Waals surface area contributed by atoms with Crippen LogP contribution in [0.4, 0.5) is 26.3 Å². The third kappa shape index (κ3) is 6.06. The van der Waals surface area contributed by atoms with Crippen molar-refractivity contribution in [3.05, 3.63) is 69.2 Å². The smallest absolute Gasteiger partial charge is 0.416 e. The number of nitrogens with one attached hydrogen (secondary N) is 1. The zero-order chi connectivity index (χ0) is 25.5. The van der Waals surface area contributed by atoms with Crippen LogP contribution in [0.3, 0.4) is 0 Å². The number of benzene rings is 2. The first kappa shape index (κ1) is 25.5. The van der Waals surface area contributed by atoms with Gasteiger partial charge in [-0.05, 0) is 50.1 Å². The van der Waals surface area contributed by atoms with E-state index in [-0.39, 0.29) is 47.0 Å². The van der Waals surface area contributed by atoms with E-state index in [0.717, 1.165) is 12.3 Å². The highest BCUT2D eigenvalue weighted by Gasteiger charge is 2.37. The molecule has 0 saturated heterocycles. The lowest BCUT2D eigenvalue weighted by atomic mass is 9.92. The number of alkyl halides is 6. The molecule has 0 fully saturated rings. The Kier molecular flexibility index (Phi) is 6.68. The van der Waals surface area contributed by atoms with Gasteiger partial charge in [-0.3, -0.25) is 0 Å². The van der Waals surface area contributed by atoms with E-state index in [2.05, 4.69) is 10.3 Å². The summed E-state index contributed by atoms with van der Waals surface area (Å²) in [6, 6.07) is 3.74. The highest BCUT2D eigenvalue weighted by atomic mass is 19.4.